The van der Waals surface area contributed by atoms with Crippen LogP contribution in [0.15, 0.2) is 0 Å². The highest BCUT2D eigenvalue weighted by Gasteiger charge is 2.30. The number of amides is 3. The first-order valence-electron chi connectivity index (χ1n) is 8.96. The molecule has 0 saturated carbocycles. The molecule has 0 bridgehead atoms. The summed E-state index contributed by atoms with van der Waals surface area (Å²) in [6.07, 6.45) is 0.723. The van der Waals surface area contributed by atoms with Gasteiger partial charge in [0.1, 0.15) is 18.1 Å². The second-order valence-electron chi connectivity index (χ2n) is 6.95. The van der Waals surface area contributed by atoms with Crippen LogP contribution in [0, 0.1) is 11.8 Å². The predicted octanol–water partition coefficient (Wildman–Crippen LogP) is -0.495. The fourth-order valence-electron chi connectivity index (χ4n) is 2.15. The minimum atomic E-state index is -1.22. The highest BCUT2D eigenvalue weighted by Crippen LogP contribution is 2.06. The molecule has 27 heavy (non-hydrogen) atoms. The summed E-state index contributed by atoms with van der Waals surface area (Å²) in [5.74, 6) is -3.27. The lowest BCUT2D eigenvalue weighted by Crippen LogP contribution is -2.58. The molecule has 0 aliphatic rings. The fourth-order valence-corrected chi connectivity index (χ4v) is 2.40. The van der Waals surface area contributed by atoms with Crippen LogP contribution < -0.4 is 21.7 Å². The average molecular weight is 405 g/mol. The number of nitrogens with two attached hydrogens (primary N) is 1. The largest absolute Gasteiger partial charge is 0.480 e. The van der Waals surface area contributed by atoms with Crippen LogP contribution in [0.4, 0.5) is 0 Å². The first-order valence-corrected chi connectivity index (χ1v) is 9.59. The van der Waals surface area contributed by atoms with E-state index in [-0.39, 0.29) is 17.6 Å². The van der Waals surface area contributed by atoms with Crippen LogP contribution in [0.25, 0.3) is 0 Å². The second kappa shape index (κ2) is 11.8. The number of rotatable bonds is 11. The van der Waals surface area contributed by atoms with Crippen molar-refractivity contribution in [3.63, 3.8) is 0 Å². The zero-order valence-electron chi connectivity index (χ0n) is 16.5. The molecule has 0 aliphatic carbocycles. The number of hydrogen-bond acceptors (Lipinski definition) is 6. The number of nitrogens with one attached hydrogen (secondary N) is 3. The van der Waals surface area contributed by atoms with Gasteiger partial charge in [0.05, 0.1) is 6.04 Å². The number of aliphatic carboxylic acids is 1. The minimum absolute atomic E-state index is 0.0383. The molecule has 0 radical (unpaired) electrons. The van der Waals surface area contributed by atoms with Crippen molar-refractivity contribution in [2.45, 2.75) is 65.2 Å². The Morgan fingerprint density at radius 1 is 0.963 bits per heavy atom. The molecule has 9 nitrogen and oxygen atoms in total. The van der Waals surface area contributed by atoms with Gasteiger partial charge in [0, 0.05) is 5.75 Å². The van der Waals surface area contributed by atoms with E-state index in [1.807, 2.05) is 13.8 Å². The minimum Gasteiger partial charge on any atom is -0.480 e. The van der Waals surface area contributed by atoms with Gasteiger partial charge in [0.2, 0.25) is 17.7 Å². The topological polar surface area (TPSA) is 151 Å². The Balaban J connectivity index is 4.95. The van der Waals surface area contributed by atoms with E-state index >= 15 is 0 Å². The number of carboxylic acid groups (broad SMARTS) is 1. The molecule has 0 aromatic heterocycles. The van der Waals surface area contributed by atoms with Crippen molar-refractivity contribution >= 4 is 36.3 Å². The molecule has 5 unspecified atom stereocenters. The van der Waals surface area contributed by atoms with Crippen LogP contribution in [-0.4, -0.2) is 58.7 Å². The van der Waals surface area contributed by atoms with Gasteiger partial charge in [0.15, 0.2) is 0 Å². The van der Waals surface area contributed by atoms with E-state index in [2.05, 4.69) is 28.6 Å². The molecule has 156 valence electrons. The van der Waals surface area contributed by atoms with Gasteiger partial charge in [-0.05, 0) is 18.8 Å². The third-order valence-electron chi connectivity index (χ3n) is 4.36. The molecule has 0 rings (SSSR count). The van der Waals surface area contributed by atoms with Gasteiger partial charge in [0.25, 0.3) is 0 Å². The van der Waals surface area contributed by atoms with Crippen molar-refractivity contribution in [1.29, 1.82) is 0 Å². The maximum Gasteiger partial charge on any atom is 0.327 e. The molecular formula is C17H32N4O5S. The van der Waals surface area contributed by atoms with Gasteiger partial charge in [-0.25, -0.2) is 4.79 Å². The predicted molar refractivity (Wildman–Crippen MR) is 105 cm³/mol. The van der Waals surface area contributed by atoms with E-state index in [1.165, 1.54) is 6.92 Å². The van der Waals surface area contributed by atoms with Gasteiger partial charge in [-0.2, -0.15) is 12.6 Å². The second-order valence-corrected chi connectivity index (χ2v) is 7.32. The van der Waals surface area contributed by atoms with Crippen LogP contribution in [-0.2, 0) is 19.2 Å². The van der Waals surface area contributed by atoms with Crippen LogP contribution >= 0.6 is 12.6 Å². The highest BCUT2D eigenvalue weighted by molar-refractivity contribution is 7.80. The Labute approximate surface area is 165 Å². The van der Waals surface area contributed by atoms with Gasteiger partial charge in [-0.3, -0.25) is 14.4 Å². The summed E-state index contributed by atoms with van der Waals surface area (Å²) in [6, 6.07) is -3.76. The van der Waals surface area contributed by atoms with Crippen molar-refractivity contribution in [2.75, 3.05) is 5.75 Å². The summed E-state index contributed by atoms with van der Waals surface area (Å²) in [5, 5.41) is 16.4. The lowest BCUT2D eigenvalue weighted by Gasteiger charge is -2.26. The number of hydrogen-bond donors (Lipinski definition) is 6. The van der Waals surface area contributed by atoms with Gasteiger partial charge < -0.3 is 26.8 Å². The third kappa shape index (κ3) is 8.17. The molecule has 0 saturated heterocycles. The molecular weight excluding hydrogens is 372 g/mol. The lowest BCUT2D eigenvalue weighted by atomic mass is 9.99. The molecule has 0 aromatic rings. The molecule has 0 spiro atoms. The van der Waals surface area contributed by atoms with E-state index in [4.69, 9.17) is 10.8 Å². The van der Waals surface area contributed by atoms with E-state index in [9.17, 15) is 19.2 Å². The lowest BCUT2D eigenvalue weighted by molar-refractivity contribution is -0.142. The molecule has 0 heterocycles. The van der Waals surface area contributed by atoms with E-state index in [0.29, 0.717) is 0 Å². The van der Waals surface area contributed by atoms with E-state index < -0.39 is 47.9 Å². The Morgan fingerprint density at radius 2 is 1.52 bits per heavy atom. The maximum atomic E-state index is 12.4. The molecule has 3 amide bonds. The van der Waals surface area contributed by atoms with E-state index in [0.717, 1.165) is 6.42 Å². The zero-order chi connectivity index (χ0) is 21.3. The number of carbonyl (C=O) groups is 4. The quantitative estimate of drug-likeness (QED) is 0.256. The van der Waals surface area contributed by atoms with Crippen molar-refractivity contribution in [3.8, 4) is 0 Å². The summed E-state index contributed by atoms with van der Waals surface area (Å²) < 4.78 is 0. The molecule has 0 aromatic carbocycles. The average Bonchev–Trinajstić information content (AvgIpc) is 2.61. The molecule has 0 fully saturated rings. The van der Waals surface area contributed by atoms with Crippen LogP contribution in [0.1, 0.15) is 41.0 Å². The first kappa shape index (κ1) is 25.2. The molecule has 6 N–H and O–H groups in total. The third-order valence-corrected chi connectivity index (χ3v) is 4.72. The normalized spacial score (nSPS) is 16.6. The van der Waals surface area contributed by atoms with E-state index in [1.54, 1.807) is 13.8 Å². The maximum absolute atomic E-state index is 12.4. The number of carbonyl (C=O) groups excluding carboxylic acids is 3. The van der Waals surface area contributed by atoms with Crippen molar-refractivity contribution < 1.29 is 24.3 Å². The van der Waals surface area contributed by atoms with Gasteiger partial charge in [-0.15, -0.1) is 0 Å². The Kier molecular flexibility index (Phi) is 11.0. The molecule has 10 heteroatoms. The smallest absolute Gasteiger partial charge is 0.327 e. The van der Waals surface area contributed by atoms with Crippen LogP contribution in [0.5, 0.6) is 0 Å². The van der Waals surface area contributed by atoms with Crippen molar-refractivity contribution in [1.82, 2.24) is 16.0 Å². The van der Waals surface area contributed by atoms with Gasteiger partial charge >= 0.3 is 5.97 Å². The first-order chi connectivity index (χ1) is 12.5. The summed E-state index contributed by atoms with van der Waals surface area (Å²) in [7, 11) is 0. The molecule has 0 aliphatic heterocycles. The Morgan fingerprint density at radius 3 is 1.93 bits per heavy atom. The van der Waals surface area contributed by atoms with Crippen molar-refractivity contribution in [2.24, 2.45) is 17.6 Å². The highest BCUT2D eigenvalue weighted by atomic mass is 32.1. The fraction of sp³-hybridized carbons (Fsp3) is 0.765. The number of thiol groups is 1. The Hall–Kier alpha value is -1.81. The summed E-state index contributed by atoms with van der Waals surface area (Å²) in [5.41, 5.74) is 5.85. The summed E-state index contributed by atoms with van der Waals surface area (Å²) >= 11 is 3.89. The van der Waals surface area contributed by atoms with Gasteiger partial charge in [-0.1, -0.05) is 34.1 Å². The molecule has 5 atom stereocenters. The SMILES string of the molecule is CCC(C)C(N)C(=O)NC(C)C(=O)NC(C(=O)NC(CS)C(=O)O)C(C)C. The standard InChI is InChI=1S/C17H32N4O5S/c1-6-9(4)12(18)15(23)19-10(5)14(22)21-13(8(2)3)16(24)20-11(7-27)17(25)26/h8-13,27H,6-7,18H2,1-5H3,(H,19,23)(H,20,24)(H,21,22)(H,25,26). The van der Waals surface area contributed by atoms with Crippen LogP contribution in [0.3, 0.4) is 0 Å². The number of carboxylic acids is 1. The monoisotopic (exact) mass is 404 g/mol. The Bertz CT molecular complexity index is 543. The summed E-state index contributed by atoms with van der Waals surface area (Å²) in [4.78, 5) is 47.9. The van der Waals surface area contributed by atoms with Crippen LogP contribution in [0.2, 0.25) is 0 Å². The summed E-state index contributed by atoms with van der Waals surface area (Å²) in [6.45, 7) is 8.66. The van der Waals surface area contributed by atoms with Crippen molar-refractivity contribution in [3.05, 3.63) is 0 Å². The zero-order valence-corrected chi connectivity index (χ0v) is 17.4.